The van der Waals surface area contributed by atoms with Gasteiger partial charge in [0, 0.05) is 17.1 Å². The topological polar surface area (TPSA) is 29.1 Å². The molecule has 0 aromatic heterocycles. The number of para-hydroxylation sites is 1. The summed E-state index contributed by atoms with van der Waals surface area (Å²) >= 11 is 6.04. The molecular formula is C19H14ClFeNO+2. The Hall–Kier alpha value is -0.761. The molecule has 1 amide bonds. The van der Waals surface area contributed by atoms with Crippen molar-refractivity contribution < 1.29 is 21.9 Å². The number of amides is 1. The molecule has 2 aliphatic carbocycles. The number of carbonyl (C=O) groups excluding carboxylic acids is 1. The van der Waals surface area contributed by atoms with Crippen LogP contribution >= 0.6 is 11.6 Å². The predicted octanol–water partition coefficient (Wildman–Crippen LogP) is 4.10. The number of halogens is 1. The molecule has 3 aliphatic rings. The minimum atomic E-state index is -0.103. The molecule has 2 nitrogen and oxygen atoms in total. The van der Waals surface area contributed by atoms with Crippen molar-refractivity contribution in [1.82, 2.24) is 0 Å². The second-order valence-electron chi connectivity index (χ2n) is 4.86. The summed E-state index contributed by atoms with van der Waals surface area (Å²) in [7, 11) is 0. The molecule has 0 atom stereocenters. The smallest absolute Gasteiger partial charge is 0.320 e. The minimum Gasteiger partial charge on any atom is -0.320 e. The maximum atomic E-state index is 11.9. The van der Waals surface area contributed by atoms with E-state index in [1.807, 2.05) is 76.0 Å². The van der Waals surface area contributed by atoms with Crippen LogP contribution in [-0.2, 0) is 21.9 Å². The summed E-state index contributed by atoms with van der Waals surface area (Å²) in [5.74, 6) is 0.914. The fraction of sp³-hybridized carbons (Fsp3) is 0. The predicted molar refractivity (Wildman–Crippen MR) is 90.0 cm³/mol. The van der Waals surface area contributed by atoms with E-state index in [0.717, 1.165) is 11.5 Å². The second-order valence-corrected chi connectivity index (χ2v) is 5.26. The average molecular weight is 364 g/mol. The first-order valence-corrected chi connectivity index (χ1v) is 7.34. The zero-order valence-corrected chi connectivity index (χ0v) is 14.0. The Balaban J connectivity index is 0.000000276. The van der Waals surface area contributed by atoms with Gasteiger partial charge < -0.3 is 5.32 Å². The third-order valence-electron chi connectivity index (χ3n) is 3.34. The van der Waals surface area contributed by atoms with Crippen molar-refractivity contribution in [2.24, 2.45) is 0 Å². The van der Waals surface area contributed by atoms with Crippen LogP contribution in [0, 0.1) is 63.7 Å². The van der Waals surface area contributed by atoms with Gasteiger partial charge in [0.2, 0.25) is 0 Å². The molecule has 0 saturated heterocycles. The van der Waals surface area contributed by atoms with Crippen LogP contribution in [0.4, 0.5) is 5.69 Å². The molecule has 1 aromatic rings. The number of rotatable bonds is 1. The number of hydrogen-bond acceptors (Lipinski definition) is 1. The molecule has 4 heteroatoms. The van der Waals surface area contributed by atoms with Gasteiger partial charge >= 0.3 is 17.1 Å². The summed E-state index contributed by atoms with van der Waals surface area (Å²) in [5.41, 5.74) is 2.23. The van der Waals surface area contributed by atoms with E-state index in [4.69, 9.17) is 11.6 Å². The number of fused-ring (bicyclic) bond motifs is 1. The Morgan fingerprint density at radius 2 is 1.52 bits per heavy atom. The molecule has 0 spiro atoms. The quantitative estimate of drug-likeness (QED) is 0.591. The van der Waals surface area contributed by atoms with E-state index < -0.39 is 0 Å². The maximum Gasteiger partial charge on any atom is 2.00 e. The summed E-state index contributed by atoms with van der Waals surface area (Å²) in [6.07, 6.45) is 19.7. The van der Waals surface area contributed by atoms with E-state index in [1.165, 1.54) is 0 Å². The van der Waals surface area contributed by atoms with Gasteiger partial charge in [-0.3, -0.25) is 4.79 Å². The molecule has 2 saturated carbocycles. The molecule has 0 bridgehead atoms. The minimum absolute atomic E-state index is 0. The van der Waals surface area contributed by atoms with Gasteiger partial charge in [-0.1, -0.05) is 29.8 Å². The van der Waals surface area contributed by atoms with E-state index in [0.29, 0.717) is 16.3 Å². The largest absolute Gasteiger partial charge is 2.00 e. The van der Waals surface area contributed by atoms with Crippen LogP contribution in [0.2, 0.25) is 5.02 Å². The monoisotopic (exact) mass is 363 g/mol. The van der Waals surface area contributed by atoms with Crippen LogP contribution in [0.25, 0.3) is 5.57 Å². The standard InChI is InChI=1S/C14H9ClNO.C5H5.Fe/c15-12-7-3-6-10-11(14(17)16-13(10)12)8-9-4-1-2-5-9;1-2-4-5-3-1;/h1-8H,(H,16,17);1-5H;/q;;+2/b11-8+;;. The Morgan fingerprint density at radius 3 is 2.13 bits per heavy atom. The number of carbonyl (C=O) groups is 1. The van der Waals surface area contributed by atoms with Gasteiger partial charge in [-0.05, 0) is 63.9 Å². The number of anilines is 1. The van der Waals surface area contributed by atoms with Gasteiger partial charge in [-0.2, -0.15) is 0 Å². The van der Waals surface area contributed by atoms with E-state index in [2.05, 4.69) is 5.32 Å². The molecule has 23 heavy (non-hydrogen) atoms. The van der Waals surface area contributed by atoms with Crippen LogP contribution in [0.1, 0.15) is 5.56 Å². The second kappa shape index (κ2) is 8.92. The molecule has 2 fully saturated rings. The third-order valence-corrected chi connectivity index (χ3v) is 3.66. The number of allylic oxidation sites excluding steroid dienone is 1. The van der Waals surface area contributed by atoms with Crippen LogP contribution in [0.5, 0.6) is 0 Å². The average Bonchev–Trinajstić information content (AvgIpc) is 3.26. The van der Waals surface area contributed by atoms with Crippen molar-refractivity contribution in [2.45, 2.75) is 0 Å². The summed E-state index contributed by atoms with van der Waals surface area (Å²) in [6.45, 7) is 0. The Kier molecular flexibility index (Phi) is 7.20. The van der Waals surface area contributed by atoms with Crippen molar-refractivity contribution in [3.8, 4) is 0 Å². The normalized spacial score (nSPS) is 21.4. The van der Waals surface area contributed by atoms with Gasteiger partial charge in [-0.15, -0.1) is 0 Å². The molecule has 1 aromatic carbocycles. The van der Waals surface area contributed by atoms with Crippen molar-refractivity contribution in [2.75, 3.05) is 5.32 Å². The number of hydrogen-bond donors (Lipinski definition) is 1. The van der Waals surface area contributed by atoms with Gasteiger partial charge in [0.15, 0.2) is 0 Å². The van der Waals surface area contributed by atoms with Crippen molar-refractivity contribution in [3.63, 3.8) is 0 Å². The third kappa shape index (κ3) is 4.62. The van der Waals surface area contributed by atoms with E-state index >= 15 is 0 Å². The first-order chi connectivity index (χ1) is 10.8. The molecule has 10 radical (unpaired) electrons. The van der Waals surface area contributed by atoms with Crippen molar-refractivity contribution >= 4 is 28.8 Å². The summed E-state index contributed by atoms with van der Waals surface area (Å²) in [5, 5.41) is 3.36. The van der Waals surface area contributed by atoms with E-state index in [1.54, 1.807) is 6.07 Å². The van der Waals surface area contributed by atoms with Gasteiger partial charge in [0.05, 0.1) is 10.7 Å². The van der Waals surface area contributed by atoms with Gasteiger partial charge in [0.25, 0.3) is 5.91 Å². The summed E-state index contributed by atoms with van der Waals surface area (Å²) in [6, 6.07) is 5.51. The van der Waals surface area contributed by atoms with Crippen molar-refractivity contribution in [1.29, 1.82) is 0 Å². The maximum absolute atomic E-state index is 11.9. The SMILES string of the molecule is O=C1Nc2c(Cl)cccc2/C1=C\[C]1[CH][CH][CH][CH]1.[CH]1[CH][CH][CH][CH]1.[Fe+2]. The van der Waals surface area contributed by atoms with E-state index in [-0.39, 0.29) is 23.0 Å². The fourth-order valence-electron chi connectivity index (χ4n) is 2.29. The Morgan fingerprint density at radius 1 is 0.913 bits per heavy atom. The van der Waals surface area contributed by atoms with Crippen LogP contribution in [-0.4, -0.2) is 5.91 Å². The van der Waals surface area contributed by atoms with Crippen LogP contribution < -0.4 is 5.32 Å². The van der Waals surface area contributed by atoms with E-state index in [9.17, 15) is 4.79 Å². The Bertz CT molecular complexity index is 567. The number of nitrogens with one attached hydrogen (secondary N) is 1. The summed E-state index contributed by atoms with van der Waals surface area (Å²) < 4.78 is 0. The molecule has 4 rings (SSSR count). The summed E-state index contributed by atoms with van der Waals surface area (Å²) in [4.78, 5) is 11.9. The van der Waals surface area contributed by atoms with Crippen LogP contribution in [0.3, 0.4) is 0 Å². The van der Waals surface area contributed by atoms with Gasteiger partial charge in [0.1, 0.15) is 0 Å². The molecule has 114 valence electrons. The Labute approximate surface area is 154 Å². The van der Waals surface area contributed by atoms with Gasteiger partial charge in [-0.25, -0.2) is 0 Å². The molecular weight excluding hydrogens is 350 g/mol. The molecule has 1 aliphatic heterocycles. The zero-order chi connectivity index (χ0) is 15.4. The fourth-order valence-corrected chi connectivity index (χ4v) is 2.52. The van der Waals surface area contributed by atoms with Crippen LogP contribution in [0.15, 0.2) is 24.3 Å². The number of benzene rings is 1. The molecule has 0 unspecified atom stereocenters. The first-order valence-electron chi connectivity index (χ1n) is 6.96. The van der Waals surface area contributed by atoms with Crippen molar-refractivity contribution in [3.05, 3.63) is 98.6 Å². The molecule has 1 heterocycles. The molecule has 1 N–H and O–H groups in total. The first kappa shape index (κ1) is 18.6. The zero-order valence-electron chi connectivity index (χ0n) is 12.1.